The van der Waals surface area contributed by atoms with Crippen molar-refractivity contribution in [2.24, 2.45) is 5.92 Å². The lowest BCUT2D eigenvalue weighted by Crippen LogP contribution is -2.64. The van der Waals surface area contributed by atoms with Crippen LogP contribution >= 0.6 is 15.9 Å². The van der Waals surface area contributed by atoms with Gasteiger partial charge in [-0.05, 0) is 84.2 Å². The van der Waals surface area contributed by atoms with E-state index in [4.69, 9.17) is 4.74 Å². The predicted octanol–water partition coefficient (Wildman–Crippen LogP) is 4.37. The van der Waals surface area contributed by atoms with Gasteiger partial charge in [-0.25, -0.2) is 4.79 Å². The summed E-state index contributed by atoms with van der Waals surface area (Å²) in [7, 11) is 2.16. The van der Waals surface area contributed by atoms with Gasteiger partial charge in [-0.15, -0.1) is 0 Å². The molecule has 2 bridgehead atoms. The van der Waals surface area contributed by atoms with Crippen LogP contribution in [-0.2, 0) is 11.8 Å². The summed E-state index contributed by atoms with van der Waals surface area (Å²) in [6.45, 7) is 4.85. The zero-order valence-electron chi connectivity index (χ0n) is 20.9. The number of aliphatic hydroxyl groups is 1. The SMILES string of the molecule is Cc1c(C(=O)O)cc2c(Br)ccn2c1C(C)c1cc(O)c2c3c1C[C@@H]1[C@@H]4C=C[C@H](O)[C@H](O2)[C@]34CCN1C. The lowest BCUT2D eigenvalue weighted by Gasteiger charge is -2.56. The van der Waals surface area contributed by atoms with E-state index >= 15 is 0 Å². The van der Waals surface area contributed by atoms with E-state index in [0.717, 1.165) is 51.8 Å². The molecule has 0 amide bonds. The molecule has 1 fully saturated rings. The van der Waals surface area contributed by atoms with Crippen LogP contribution in [0.5, 0.6) is 11.5 Å². The summed E-state index contributed by atoms with van der Waals surface area (Å²) in [5.74, 6) is -0.366. The number of aliphatic hydroxyl groups excluding tert-OH is 1. The monoisotopic (exact) mass is 564 g/mol. The fourth-order valence-electron chi connectivity index (χ4n) is 7.97. The Morgan fingerprint density at radius 3 is 2.84 bits per heavy atom. The number of hydrogen-bond donors (Lipinski definition) is 3. The normalized spacial score (nSPS) is 30.3. The Morgan fingerprint density at radius 1 is 1.30 bits per heavy atom. The van der Waals surface area contributed by atoms with Crippen LogP contribution in [0.1, 0.15) is 57.6 Å². The Balaban J connectivity index is 1.50. The van der Waals surface area contributed by atoms with Crippen molar-refractivity contribution in [1.29, 1.82) is 0 Å². The van der Waals surface area contributed by atoms with E-state index < -0.39 is 18.2 Å². The van der Waals surface area contributed by atoms with Gasteiger partial charge in [-0.2, -0.15) is 0 Å². The van der Waals surface area contributed by atoms with Crippen molar-refractivity contribution in [3.8, 4) is 11.5 Å². The molecule has 3 aromatic rings. The maximum atomic E-state index is 12.2. The molecule has 1 saturated heterocycles. The number of aromatic hydroxyl groups is 1. The zero-order chi connectivity index (χ0) is 26.0. The Morgan fingerprint density at radius 2 is 2.08 bits per heavy atom. The summed E-state index contributed by atoms with van der Waals surface area (Å²) in [4.78, 5) is 14.6. The van der Waals surface area contributed by atoms with Gasteiger partial charge in [-0.3, -0.25) is 0 Å². The van der Waals surface area contributed by atoms with Crippen molar-refractivity contribution in [2.45, 2.75) is 56.3 Å². The molecule has 2 aliphatic carbocycles. The first-order valence-electron chi connectivity index (χ1n) is 12.8. The molecular weight excluding hydrogens is 536 g/mol. The van der Waals surface area contributed by atoms with E-state index in [2.05, 4.69) is 45.3 Å². The number of pyridine rings is 1. The molecule has 8 heteroatoms. The number of rotatable bonds is 3. The lowest BCUT2D eigenvalue weighted by molar-refractivity contribution is -0.0454. The van der Waals surface area contributed by atoms with Gasteiger partial charge in [0.15, 0.2) is 11.5 Å². The molecule has 3 N–H and O–H groups in total. The van der Waals surface area contributed by atoms with Gasteiger partial charge in [-0.1, -0.05) is 19.1 Å². The molecule has 2 aliphatic heterocycles. The number of carboxylic acids is 1. The van der Waals surface area contributed by atoms with Crippen molar-refractivity contribution in [3.63, 3.8) is 0 Å². The van der Waals surface area contributed by atoms with Crippen LogP contribution in [0.2, 0.25) is 0 Å². The summed E-state index contributed by atoms with van der Waals surface area (Å²) in [5, 5.41) is 32.3. The van der Waals surface area contributed by atoms with Gasteiger partial charge >= 0.3 is 5.97 Å². The maximum absolute atomic E-state index is 12.2. The number of phenolic OH excluding ortho intramolecular Hbond substituents is 1. The highest BCUT2D eigenvalue weighted by atomic mass is 79.9. The summed E-state index contributed by atoms with van der Waals surface area (Å²) in [6.07, 6.45) is 6.48. The number of hydrogen-bond acceptors (Lipinski definition) is 5. The molecule has 7 rings (SSSR count). The fourth-order valence-corrected chi connectivity index (χ4v) is 8.40. The largest absolute Gasteiger partial charge is 0.504 e. The van der Waals surface area contributed by atoms with E-state index in [1.165, 1.54) is 0 Å². The maximum Gasteiger partial charge on any atom is 0.336 e. The van der Waals surface area contributed by atoms with Crippen LogP contribution in [-0.4, -0.2) is 62.4 Å². The number of phenols is 1. The van der Waals surface area contributed by atoms with Gasteiger partial charge in [0.2, 0.25) is 0 Å². The average Bonchev–Trinajstić information content (AvgIpc) is 3.41. The van der Waals surface area contributed by atoms with Crippen molar-refractivity contribution < 1.29 is 24.9 Å². The topological polar surface area (TPSA) is 94.6 Å². The third-order valence-corrected chi connectivity index (χ3v) is 10.3. The van der Waals surface area contributed by atoms with E-state index in [1.807, 2.05) is 25.3 Å². The van der Waals surface area contributed by atoms with Crippen molar-refractivity contribution in [2.75, 3.05) is 13.6 Å². The molecule has 0 radical (unpaired) electrons. The van der Waals surface area contributed by atoms with Gasteiger partial charge in [0, 0.05) is 45.2 Å². The van der Waals surface area contributed by atoms with Crippen LogP contribution in [0, 0.1) is 12.8 Å². The second-order valence-corrected chi connectivity index (χ2v) is 12.0. The number of fused-ring (bicyclic) bond motifs is 1. The van der Waals surface area contributed by atoms with Crippen molar-refractivity contribution in [3.05, 3.63) is 74.5 Å². The molecule has 1 unspecified atom stereocenters. The number of carboxylic acid groups (broad SMARTS) is 1. The Labute approximate surface area is 223 Å². The van der Waals surface area contributed by atoms with Crippen molar-refractivity contribution in [1.82, 2.24) is 9.30 Å². The molecule has 2 aromatic heterocycles. The van der Waals surface area contributed by atoms with Gasteiger partial charge in [0.25, 0.3) is 0 Å². The smallest absolute Gasteiger partial charge is 0.336 e. The summed E-state index contributed by atoms with van der Waals surface area (Å²) >= 11 is 3.58. The number of likely N-dealkylation sites (tertiary alicyclic amines) is 1. The predicted molar refractivity (Wildman–Crippen MR) is 142 cm³/mol. The third-order valence-electron chi connectivity index (χ3n) is 9.62. The quantitative estimate of drug-likeness (QED) is 0.409. The first-order chi connectivity index (χ1) is 17.6. The molecule has 1 spiro atoms. The van der Waals surface area contributed by atoms with E-state index in [-0.39, 0.29) is 34.6 Å². The van der Waals surface area contributed by atoms with Gasteiger partial charge in [0.05, 0.1) is 11.1 Å². The molecule has 4 heterocycles. The number of aromatic nitrogens is 1. The van der Waals surface area contributed by atoms with Gasteiger partial charge in [0.1, 0.15) is 12.2 Å². The van der Waals surface area contributed by atoms with Crippen LogP contribution in [0.3, 0.4) is 0 Å². The van der Waals surface area contributed by atoms with Gasteiger partial charge < -0.3 is 29.4 Å². The molecule has 1 aromatic carbocycles. The number of likely N-dealkylation sites (N-methyl/N-ethyl adjacent to an activating group) is 1. The summed E-state index contributed by atoms with van der Waals surface area (Å²) < 4.78 is 9.27. The van der Waals surface area contributed by atoms with E-state index in [0.29, 0.717) is 11.3 Å². The number of halogens is 1. The highest BCUT2D eigenvalue weighted by Crippen LogP contribution is 2.63. The van der Waals surface area contributed by atoms with Crippen LogP contribution < -0.4 is 4.74 Å². The zero-order valence-corrected chi connectivity index (χ0v) is 22.5. The second-order valence-electron chi connectivity index (χ2n) is 11.2. The number of carbonyl (C=O) groups is 1. The van der Waals surface area contributed by atoms with E-state index in [1.54, 1.807) is 12.1 Å². The Bertz CT molecular complexity index is 1540. The first-order valence-corrected chi connectivity index (χ1v) is 13.6. The molecule has 6 atom stereocenters. The Hall–Kier alpha value is -2.81. The summed E-state index contributed by atoms with van der Waals surface area (Å²) in [5.41, 5.74) is 5.47. The van der Waals surface area contributed by atoms with E-state index in [9.17, 15) is 20.1 Å². The first kappa shape index (κ1) is 23.3. The number of piperidine rings is 1. The van der Waals surface area contributed by atoms with Crippen LogP contribution in [0.15, 0.2) is 41.0 Å². The minimum absolute atomic E-state index is 0.0877. The fraction of sp³-hybridized carbons (Fsp3) is 0.414. The molecule has 192 valence electrons. The minimum Gasteiger partial charge on any atom is -0.504 e. The molecular formula is C29H29BrN2O5. The minimum atomic E-state index is -0.961. The number of nitrogens with zero attached hydrogens (tertiary/aromatic N) is 2. The standard InChI is InChI=1S/C29H29BrN2O5/c1-13(25-14(2)16(28(35)36)10-21-19(30)6-8-32(21)25)15-12-23(34)26-24-17(15)11-20-18-4-5-22(33)27(37-26)29(18,24)7-9-31(20)3/h4-6,8,10,12-13,18,20,22,27,33-34H,7,9,11H2,1-3H3,(H,35,36)/t13?,18-,20+,22-,27-,29-/m0/s1. The highest BCUT2D eigenvalue weighted by Gasteiger charge is 2.64. The van der Waals surface area contributed by atoms with Crippen molar-refractivity contribution >= 4 is 27.4 Å². The average molecular weight is 565 g/mol. The Kier molecular flexibility index (Phi) is 4.80. The number of benzene rings is 1. The summed E-state index contributed by atoms with van der Waals surface area (Å²) in [6, 6.07) is 5.70. The molecule has 4 aliphatic rings. The number of aromatic carboxylic acids is 1. The number of ether oxygens (including phenoxy) is 1. The molecule has 0 saturated carbocycles. The third kappa shape index (κ3) is 2.81. The molecule has 37 heavy (non-hydrogen) atoms. The second kappa shape index (κ2) is 7.62. The lowest BCUT2D eigenvalue weighted by atomic mass is 9.52. The highest BCUT2D eigenvalue weighted by molar-refractivity contribution is 9.10. The van der Waals surface area contributed by atoms with Crippen LogP contribution in [0.4, 0.5) is 0 Å². The molecule has 7 nitrogen and oxygen atoms in total. The van der Waals surface area contributed by atoms with Crippen LogP contribution in [0.25, 0.3) is 5.52 Å².